The summed E-state index contributed by atoms with van der Waals surface area (Å²) in [5.74, 6) is 0.703. The monoisotopic (exact) mass is 397 g/mol. The molecule has 0 spiro atoms. The molecule has 1 aromatic rings. The van der Waals surface area contributed by atoms with E-state index in [9.17, 15) is 13.2 Å². The average molecular weight is 398 g/mol. The van der Waals surface area contributed by atoms with Crippen molar-refractivity contribution >= 4 is 50.1 Å². The summed E-state index contributed by atoms with van der Waals surface area (Å²) in [4.78, 5) is 14.6. The molecule has 1 atom stereocenters. The third-order valence-electron chi connectivity index (χ3n) is 4.05. The minimum atomic E-state index is -3.06. The van der Waals surface area contributed by atoms with Crippen molar-refractivity contribution in [1.82, 2.24) is 4.90 Å². The van der Waals surface area contributed by atoms with Crippen LogP contribution in [0.2, 0.25) is 0 Å². The number of benzene rings is 1. The molecule has 0 saturated carbocycles. The van der Waals surface area contributed by atoms with E-state index in [1.165, 1.54) is 16.7 Å². The number of carbonyl (C=O) groups excluding carboxylic acids is 1. The van der Waals surface area contributed by atoms with Gasteiger partial charge in [-0.3, -0.25) is 9.69 Å². The highest BCUT2D eigenvalue weighted by Gasteiger charge is 2.42. The number of rotatable bonds is 5. The first-order chi connectivity index (χ1) is 11.9. The van der Waals surface area contributed by atoms with Crippen LogP contribution >= 0.6 is 24.0 Å². The maximum atomic E-state index is 12.7. The molecule has 0 aliphatic carbocycles. The summed E-state index contributed by atoms with van der Waals surface area (Å²) in [6, 6.07) is 7.17. The van der Waals surface area contributed by atoms with Gasteiger partial charge in [0.25, 0.3) is 5.91 Å². The molecular weight excluding hydrogens is 378 g/mol. The molecule has 2 heterocycles. The van der Waals surface area contributed by atoms with Gasteiger partial charge in [0.1, 0.15) is 10.1 Å². The molecule has 3 rings (SSSR count). The second kappa shape index (κ2) is 7.47. The molecule has 25 heavy (non-hydrogen) atoms. The molecule has 2 saturated heterocycles. The van der Waals surface area contributed by atoms with Crippen molar-refractivity contribution in [2.45, 2.75) is 25.8 Å². The van der Waals surface area contributed by atoms with Gasteiger partial charge in [-0.05, 0) is 36.6 Å². The first-order valence-electron chi connectivity index (χ1n) is 8.10. The van der Waals surface area contributed by atoms with E-state index in [1.807, 2.05) is 31.2 Å². The number of hydrogen-bond donors (Lipinski definition) is 0. The van der Waals surface area contributed by atoms with Crippen LogP contribution in [-0.2, 0) is 14.6 Å². The Morgan fingerprint density at radius 2 is 2.08 bits per heavy atom. The van der Waals surface area contributed by atoms with Gasteiger partial charge in [0.15, 0.2) is 9.84 Å². The average Bonchev–Trinajstić information content (AvgIpc) is 3.05. The van der Waals surface area contributed by atoms with Gasteiger partial charge in [0.05, 0.1) is 29.1 Å². The molecule has 2 fully saturated rings. The molecule has 0 N–H and O–H groups in total. The molecule has 2 aliphatic rings. The molecule has 0 radical (unpaired) electrons. The summed E-state index contributed by atoms with van der Waals surface area (Å²) in [6.45, 7) is 2.72. The van der Waals surface area contributed by atoms with E-state index in [2.05, 4.69) is 0 Å². The molecular formula is C17H19NO4S3. The summed E-state index contributed by atoms with van der Waals surface area (Å²) in [6.07, 6.45) is 3.18. The Morgan fingerprint density at radius 1 is 1.36 bits per heavy atom. The van der Waals surface area contributed by atoms with Crippen LogP contribution in [0, 0.1) is 0 Å². The zero-order chi connectivity index (χ0) is 18.0. The van der Waals surface area contributed by atoms with Gasteiger partial charge in [-0.1, -0.05) is 43.0 Å². The molecule has 2 aliphatic heterocycles. The van der Waals surface area contributed by atoms with Gasteiger partial charge in [-0.15, -0.1) is 0 Å². The second-order valence-electron chi connectivity index (χ2n) is 6.03. The summed E-state index contributed by atoms with van der Waals surface area (Å²) in [7, 11) is -3.06. The Balaban J connectivity index is 1.74. The van der Waals surface area contributed by atoms with Gasteiger partial charge in [0.2, 0.25) is 0 Å². The fourth-order valence-corrected chi connectivity index (χ4v) is 5.91. The maximum absolute atomic E-state index is 12.7. The largest absolute Gasteiger partial charge is 0.494 e. The van der Waals surface area contributed by atoms with E-state index >= 15 is 0 Å². The highest BCUT2D eigenvalue weighted by atomic mass is 32.2. The Bertz CT molecular complexity index is 815. The predicted octanol–water partition coefficient (Wildman–Crippen LogP) is 2.86. The minimum Gasteiger partial charge on any atom is -0.494 e. The van der Waals surface area contributed by atoms with Crippen LogP contribution in [0.4, 0.5) is 0 Å². The predicted molar refractivity (Wildman–Crippen MR) is 104 cm³/mol. The SMILES string of the molecule is CCCOc1ccc(/C=C2\SC(=S)N([C@@H]3CCS(=O)(=O)C3)C2=O)cc1. The van der Waals surface area contributed by atoms with E-state index in [1.54, 1.807) is 6.08 Å². The van der Waals surface area contributed by atoms with Crippen molar-refractivity contribution in [3.05, 3.63) is 34.7 Å². The van der Waals surface area contributed by atoms with E-state index in [0.29, 0.717) is 22.3 Å². The van der Waals surface area contributed by atoms with Gasteiger partial charge in [-0.2, -0.15) is 0 Å². The lowest BCUT2D eigenvalue weighted by molar-refractivity contribution is -0.123. The maximum Gasteiger partial charge on any atom is 0.266 e. The number of thioether (sulfide) groups is 1. The van der Waals surface area contributed by atoms with Crippen LogP contribution in [0.1, 0.15) is 25.3 Å². The number of nitrogens with zero attached hydrogens (tertiary/aromatic N) is 1. The summed E-state index contributed by atoms with van der Waals surface area (Å²) in [5.41, 5.74) is 0.878. The van der Waals surface area contributed by atoms with Crippen molar-refractivity contribution < 1.29 is 17.9 Å². The lowest BCUT2D eigenvalue weighted by Gasteiger charge is -2.20. The third-order valence-corrected chi connectivity index (χ3v) is 7.13. The Morgan fingerprint density at radius 3 is 2.68 bits per heavy atom. The standard InChI is InChI=1S/C17H19NO4S3/c1-2-8-22-14-5-3-12(4-6-14)10-15-16(19)18(17(23)24-15)13-7-9-25(20,21)11-13/h3-6,10,13H,2,7-9,11H2,1H3/b15-10-/t13-/m1/s1. The number of amides is 1. The highest BCUT2D eigenvalue weighted by molar-refractivity contribution is 8.26. The molecule has 1 aromatic carbocycles. The Hall–Kier alpha value is -1.38. The fraction of sp³-hybridized carbons (Fsp3) is 0.412. The van der Waals surface area contributed by atoms with Crippen molar-refractivity contribution in [3.8, 4) is 5.75 Å². The van der Waals surface area contributed by atoms with Gasteiger partial charge < -0.3 is 4.74 Å². The molecule has 0 aromatic heterocycles. The summed E-state index contributed by atoms with van der Waals surface area (Å²) in [5, 5.41) is 0. The quantitative estimate of drug-likeness (QED) is 0.562. The molecule has 0 bridgehead atoms. The van der Waals surface area contributed by atoms with Crippen LogP contribution in [0.15, 0.2) is 29.2 Å². The zero-order valence-electron chi connectivity index (χ0n) is 13.8. The number of hydrogen-bond acceptors (Lipinski definition) is 6. The van der Waals surface area contributed by atoms with Gasteiger partial charge in [-0.25, -0.2) is 8.42 Å². The number of sulfone groups is 1. The molecule has 5 nitrogen and oxygen atoms in total. The number of ether oxygens (including phenoxy) is 1. The second-order valence-corrected chi connectivity index (χ2v) is 9.93. The topological polar surface area (TPSA) is 63.7 Å². The van der Waals surface area contributed by atoms with Crippen molar-refractivity contribution in [1.29, 1.82) is 0 Å². The van der Waals surface area contributed by atoms with Crippen molar-refractivity contribution in [2.75, 3.05) is 18.1 Å². The zero-order valence-corrected chi connectivity index (χ0v) is 16.3. The summed E-state index contributed by atoms with van der Waals surface area (Å²) >= 11 is 6.53. The summed E-state index contributed by atoms with van der Waals surface area (Å²) < 4.78 is 29.3. The van der Waals surface area contributed by atoms with Gasteiger partial charge >= 0.3 is 0 Å². The van der Waals surface area contributed by atoms with E-state index in [0.717, 1.165) is 17.7 Å². The van der Waals surface area contributed by atoms with E-state index < -0.39 is 9.84 Å². The van der Waals surface area contributed by atoms with Crippen LogP contribution in [0.3, 0.4) is 0 Å². The van der Waals surface area contributed by atoms with Gasteiger partial charge in [0, 0.05) is 0 Å². The molecule has 0 unspecified atom stereocenters. The van der Waals surface area contributed by atoms with E-state index in [4.69, 9.17) is 17.0 Å². The molecule has 1 amide bonds. The van der Waals surface area contributed by atoms with Crippen LogP contribution in [0.25, 0.3) is 6.08 Å². The first-order valence-corrected chi connectivity index (χ1v) is 11.1. The number of carbonyl (C=O) groups is 1. The van der Waals surface area contributed by atoms with Crippen LogP contribution in [0.5, 0.6) is 5.75 Å². The van der Waals surface area contributed by atoms with Crippen molar-refractivity contribution in [2.24, 2.45) is 0 Å². The van der Waals surface area contributed by atoms with Crippen molar-refractivity contribution in [3.63, 3.8) is 0 Å². The molecule has 134 valence electrons. The lowest BCUT2D eigenvalue weighted by Crippen LogP contribution is -2.39. The first kappa shape index (κ1) is 18.4. The lowest BCUT2D eigenvalue weighted by atomic mass is 10.2. The number of thiocarbonyl (C=S) groups is 1. The van der Waals surface area contributed by atoms with Crippen LogP contribution in [-0.4, -0.2) is 47.7 Å². The Labute approximate surface area is 157 Å². The Kier molecular flexibility index (Phi) is 5.50. The van der Waals surface area contributed by atoms with E-state index in [-0.39, 0.29) is 23.5 Å². The molecule has 8 heteroatoms. The third kappa shape index (κ3) is 4.24. The normalized spacial score (nSPS) is 24.3. The fourth-order valence-electron chi connectivity index (χ4n) is 2.81. The minimum absolute atomic E-state index is 0.00379. The highest BCUT2D eigenvalue weighted by Crippen LogP contribution is 2.36. The smallest absolute Gasteiger partial charge is 0.266 e. The van der Waals surface area contributed by atoms with Crippen LogP contribution < -0.4 is 4.74 Å².